The topological polar surface area (TPSA) is 191 Å². The van der Waals surface area contributed by atoms with Crippen molar-refractivity contribution < 1.29 is 27.8 Å². The molecular formula is C17H23N5O7S. The Labute approximate surface area is 173 Å². The van der Waals surface area contributed by atoms with Crippen molar-refractivity contribution in [2.45, 2.75) is 36.6 Å². The lowest BCUT2D eigenvalue weighted by atomic mass is 10.1. The van der Waals surface area contributed by atoms with Gasteiger partial charge in [0.1, 0.15) is 6.29 Å². The number of aldehydes is 1. The van der Waals surface area contributed by atoms with Gasteiger partial charge in [0.25, 0.3) is 5.96 Å². The van der Waals surface area contributed by atoms with Crippen LogP contribution >= 0.6 is 0 Å². The minimum atomic E-state index is -3.36. The Bertz CT molecular complexity index is 913. The number of hydrogen-bond acceptors (Lipinski definition) is 8. The first kappa shape index (κ1) is 24.7. The average molecular weight is 441 g/mol. The summed E-state index contributed by atoms with van der Waals surface area (Å²) in [5.41, 5.74) is 7.20. The van der Waals surface area contributed by atoms with Crippen LogP contribution in [0.4, 0.5) is 0 Å². The molecule has 1 rings (SSSR count). The number of carbonyl (C=O) groups is 3. The van der Waals surface area contributed by atoms with Crippen molar-refractivity contribution in [1.29, 1.82) is 0 Å². The van der Waals surface area contributed by atoms with Crippen molar-refractivity contribution in [2.75, 3.05) is 12.8 Å². The number of nitrogens with one attached hydrogen (secondary N) is 2. The largest absolute Gasteiger partial charge is 0.365 e. The zero-order valence-electron chi connectivity index (χ0n) is 16.2. The molecule has 0 radical (unpaired) electrons. The fourth-order valence-electron chi connectivity index (χ4n) is 2.35. The Morgan fingerprint density at radius 1 is 1.27 bits per heavy atom. The summed E-state index contributed by atoms with van der Waals surface area (Å²) < 4.78 is 22.8. The highest BCUT2D eigenvalue weighted by atomic mass is 32.2. The summed E-state index contributed by atoms with van der Waals surface area (Å²) in [6, 6.07) is 4.61. The van der Waals surface area contributed by atoms with Gasteiger partial charge >= 0.3 is 0 Å². The Morgan fingerprint density at radius 3 is 2.43 bits per heavy atom. The summed E-state index contributed by atoms with van der Waals surface area (Å²) >= 11 is 0. The minimum absolute atomic E-state index is 0.0888. The predicted octanol–water partition coefficient (Wildman–Crippen LogP) is -0.387. The fraction of sp³-hybridized carbons (Fsp3) is 0.412. The van der Waals surface area contributed by atoms with E-state index in [1.165, 1.54) is 24.3 Å². The third-order valence-corrected chi connectivity index (χ3v) is 4.98. The fourth-order valence-corrected chi connectivity index (χ4v) is 2.98. The third kappa shape index (κ3) is 9.23. The van der Waals surface area contributed by atoms with Gasteiger partial charge in [0, 0.05) is 31.2 Å². The van der Waals surface area contributed by atoms with Gasteiger partial charge < -0.3 is 15.8 Å². The predicted molar refractivity (Wildman–Crippen MR) is 107 cm³/mol. The zero-order chi connectivity index (χ0) is 22.7. The summed E-state index contributed by atoms with van der Waals surface area (Å²) in [5.74, 6) is -1.20. The van der Waals surface area contributed by atoms with Crippen LogP contribution in [0.15, 0.2) is 34.2 Å². The molecule has 4 N–H and O–H groups in total. The monoisotopic (exact) mass is 441 g/mol. The van der Waals surface area contributed by atoms with Crippen molar-refractivity contribution >= 4 is 33.8 Å². The number of hydrogen-bond donors (Lipinski definition) is 3. The molecule has 0 aliphatic rings. The highest BCUT2D eigenvalue weighted by Gasteiger charge is 2.14. The second-order valence-corrected chi connectivity index (χ2v) is 8.32. The molecular weight excluding hydrogens is 418 g/mol. The van der Waals surface area contributed by atoms with E-state index in [1.807, 2.05) is 0 Å². The van der Waals surface area contributed by atoms with Crippen LogP contribution in [-0.2, 0) is 19.4 Å². The Balaban J connectivity index is 2.43. The Kier molecular flexibility index (Phi) is 9.55. The molecule has 1 unspecified atom stereocenters. The number of amides is 1. The van der Waals surface area contributed by atoms with Crippen LogP contribution in [0, 0.1) is 10.1 Å². The molecule has 0 fully saturated rings. The van der Waals surface area contributed by atoms with Crippen molar-refractivity contribution in [3.63, 3.8) is 0 Å². The van der Waals surface area contributed by atoms with Gasteiger partial charge in [-0.15, -0.1) is 0 Å². The van der Waals surface area contributed by atoms with Crippen LogP contribution in [0.5, 0.6) is 0 Å². The molecule has 0 bridgehead atoms. The summed E-state index contributed by atoms with van der Waals surface area (Å²) in [6.07, 6.45) is 1.94. The normalized spacial score (nSPS) is 12.6. The van der Waals surface area contributed by atoms with E-state index in [2.05, 4.69) is 10.3 Å². The number of sulfone groups is 1. The van der Waals surface area contributed by atoms with Crippen molar-refractivity contribution in [3.8, 4) is 0 Å². The molecule has 0 aliphatic carbocycles. The SMILES string of the molecule is CS(=O)(=O)c1ccc(C(=O)CCC(=O)NC(C=O)CCCN=C(N)N[N+](=O)[O-])cc1. The lowest BCUT2D eigenvalue weighted by Gasteiger charge is -2.12. The van der Waals surface area contributed by atoms with E-state index < -0.39 is 26.8 Å². The van der Waals surface area contributed by atoms with Gasteiger partial charge in [-0.05, 0) is 25.0 Å². The number of benzene rings is 1. The van der Waals surface area contributed by atoms with Gasteiger partial charge in [0.05, 0.1) is 10.9 Å². The number of ketones is 1. The number of aliphatic imine (C=N–C) groups is 1. The third-order valence-electron chi connectivity index (χ3n) is 3.86. The quantitative estimate of drug-likeness (QED) is 0.0737. The zero-order valence-corrected chi connectivity index (χ0v) is 17.1. The molecule has 1 amide bonds. The second kappa shape index (κ2) is 11.6. The van der Waals surface area contributed by atoms with Crippen LogP contribution in [-0.4, -0.2) is 56.2 Å². The van der Waals surface area contributed by atoms with Gasteiger partial charge in [-0.2, -0.15) is 0 Å². The highest BCUT2D eigenvalue weighted by molar-refractivity contribution is 7.90. The number of nitrogens with zero attached hydrogens (tertiary/aromatic N) is 2. The molecule has 0 aliphatic heterocycles. The lowest BCUT2D eigenvalue weighted by molar-refractivity contribution is -0.525. The van der Waals surface area contributed by atoms with Crippen LogP contribution in [0.3, 0.4) is 0 Å². The molecule has 13 heteroatoms. The lowest BCUT2D eigenvalue weighted by Crippen LogP contribution is -2.37. The van der Waals surface area contributed by atoms with E-state index in [9.17, 15) is 32.9 Å². The number of nitro groups is 1. The maximum absolute atomic E-state index is 12.1. The number of nitrogens with two attached hydrogens (primary N) is 1. The van der Waals surface area contributed by atoms with Crippen molar-refractivity contribution in [2.24, 2.45) is 10.7 Å². The summed E-state index contributed by atoms with van der Waals surface area (Å²) in [5, 5.41) is 11.8. The van der Waals surface area contributed by atoms with E-state index in [1.54, 1.807) is 5.43 Å². The van der Waals surface area contributed by atoms with Crippen LogP contribution in [0.1, 0.15) is 36.0 Å². The van der Waals surface area contributed by atoms with E-state index in [0.29, 0.717) is 12.7 Å². The first-order chi connectivity index (χ1) is 14.0. The van der Waals surface area contributed by atoms with E-state index in [0.717, 1.165) is 6.26 Å². The first-order valence-electron chi connectivity index (χ1n) is 8.82. The van der Waals surface area contributed by atoms with E-state index >= 15 is 0 Å². The van der Waals surface area contributed by atoms with Gasteiger partial charge in [0.15, 0.2) is 20.7 Å². The number of hydrazine groups is 1. The highest BCUT2D eigenvalue weighted by Crippen LogP contribution is 2.12. The van der Waals surface area contributed by atoms with Gasteiger partial charge in [-0.1, -0.05) is 17.6 Å². The van der Waals surface area contributed by atoms with Crippen LogP contribution < -0.4 is 16.5 Å². The molecule has 0 aromatic heterocycles. The molecule has 1 atom stereocenters. The number of rotatable bonds is 12. The van der Waals surface area contributed by atoms with Gasteiger partial charge in [-0.3, -0.25) is 9.59 Å². The average Bonchev–Trinajstić information content (AvgIpc) is 2.67. The summed E-state index contributed by atoms with van der Waals surface area (Å²) in [4.78, 5) is 49.1. The molecule has 12 nitrogen and oxygen atoms in total. The number of guanidine groups is 1. The van der Waals surface area contributed by atoms with E-state index in [-0.39, 0.29) is 48.0 Å². The Hall–Kier alpha value is -3.35. The van der Waals surface area contributed by atoms with Gasteiger partial charge in [-0.25, -0.2) is 23.5 Å². The van der Waals surface area contributed by atoms with E-state index in [4.69, 9.17) is 5.73 Å². The summed E-state index contributed by atoms with van der Waals surface area (Å²) in [6.45, 7) is 0.120. The van der Waals surface area contributed by atoms with Crippen LogP contribution in [0.25, 0.3) is 0 Å². The molecule has 0 saturated heterocycles. The molecule has 0 spiro atoms. The Morgan fingerprint density at radius 2 is 1.90 bits per heavy atom. The van der Waals surface area contributed by atoms with Gasteiger partial charge in [0.2, 0.25) is 5.91 Å². The molecule has 0 heterocycles. The molecule has 164 valence electrons. The van der Waals surface area contributed by atoms with Crippen LogP contribution in [0.2, 0.25) is 0 Å². The second-order valence-electron chi connectivity index (χ2n) is 6.31. The molecule has 0 saturated carbocycles. The van der Waals surface area contributed by atoms with Crippen molar-refractivity contribution in [1.82, 2.24) is 10.7 Å². The standard InChI is InChI=1S/C17H23N5O7S/c1-30(28,29)14-6-4-12(5-7-14)15(24)8-9-16(25)20-13(11-23)3-2-10-19-17(18)21-22(26)27/h4-7,11,13H,2-3,8-10H2,1H3,(H,20,25)(H3,18,19,21). The smallest absolute Gasteiger partial charge is 0.251 e. The van der Waals surface area contributed by atoms with Crippen molar-refractivity contribution in [3.05, 3.63) is 39.9 Å². The molecule has 30 heavy (non-hydrogen) atoms. The minimum Gasteiger partial charge on any atom is -0.365 e. The maximum Gasteiger partial charge on any atom is 0.251 e. The summed E-state index contributed by atoms with van der Waals surface area (Å²) in [7, 11) is -3.36. The number of carbonyl (C=O) groups excluding carboxylic acids is 3. The maximum atomic E-state index is 12.1. The molecule has 1 aromatic carbocycles. The molecule has 1 aromatic rings. The number of Topliss-reactive ketones (excluding diaryl/α,β-unsaturated/α-hetero) is 1. The first-order valence-corrected chi connectivity index (χ1v) is 10.7.